The molecule has 2 aromatic carbocycles. The summed E-state index contributed by atoms with van der Waals surface area (Å²) < 4.78 is 0. The van der Waals surface area contributed by atoms with E-state index in [1.54, 1.807) is 12.1 Å². The van der Waals surface area contributed by atoms with Crippen LogP contribution in [0.3, 0.4) is 0 Å². The zero-order valence-electron chi connectivity index (χ0n) is 9.45. The maximum absolute atomic E-state index is 6.19. The minimum atomic E-state index is -0.222. The first-order valence-corrected chi connectivity index (χ1v) is 6.10. The van der Waals surface area contributed by atoms with Gasteiger partial charge in [0.2, 0.25) is 0 Å². The molecule has 1 atom stereocenters. The van der Waals surface area contributed by atoms with Crippen LogP contribution in [-0.2, 0) is 0 Å². The van der Waals surface area contributed by atoms with Crippen LogP contribution >= 0.6 is 23.2 Å². The first-order chi connectivity index (χ1) is 8.08. The van der Waals surface area contributed by atoms with Gasteiger partial charge >= 0.3 is 0 Å². The smallest absolute Gasteiger partial charge is 0.0566 e. The van der Waals surface area contributed by atoms with Crippen molar-refractivity contribution in [2.75, 3.05) is 0 Å². The van der Waals surface area contributed by atoms with E-state index in [0.717, 1.165) is 11.1 Å². The van der Waals surface area contributed by atoms with E-state index in [9.17, 15) is 0 Å². The lowest BCUT2D eigenvalue weighted by Gasteiger charge is -2.14. The number of aryl methyl sites for hydroxylation is 1. The Bertz CT molecular complexity index is 520. The van der Waals surface area contributed by atoms with E-state index in [4.69, 9.17) is 28.9 Å². The fourth-order valence-electron chi connectivity index (χ4n) is 1.71. The SMILES string of the molecule is Cc1ccc([C@@H](N)c2ccc(Cl)cc2Cl)cc1. The highest BCUT2D eigenvalue weighted by molar-refractivity contribution is 6.35. The molecule has 2 rings (SSSR count). The van der Waals surface area contributed by atoms with Crippen LogP contribution in [0, 0.1) is 6.92 Å². The van der Waals surface area contributed by atoms with Crippen molar-refractivity contribution in [2.45, 2.75) is 13.0 Å². The molecule has 0 aliphatic carbocycles. The quantitative estimate of drug-likeness (QED) is 0.859. The Morgan fingerprint density at radius 2 is 1.65 bits per heavy atom. The molecule has 0 heterocycles. The Labute approximate surface area is 111 Å². The van der Waals surface area contributed by atoms with Gasteiger partial charge in [0, 0.05) is 10.0 Å². The molecular weight excluding hydrogens is 253 g/mol. The molecule has 0 saturated carbocycles. The summed E-state index contributed by atoms with van der Waals surface area (Å²) in [6.45, 7) is 2.05. The fraction of sp³-hybridized carbons (Fsp3) is 0.143. The average Bonchev–Trinajstić information content (AvgIpc) is 2.29. The number of hydrogen-bond acceptors (Lipinski definition) is 1. The summed E-state index contributed by atoms with van der Waals surface area (Å²) >= 11 is 12.0. The molecule has 0 unspecified atom stereocenters. The fourth-order valence-corrected chi connectivity index (χ4v) is 2.23. The second kappa shape index (κ2) is 5.09. The van der Waals surface area contributed by atoms with Crippen LogP contribution in [-0.4, -0.2) is 0 Å². The maximum atomic E-state index is 6.19. The molecule has 0 aromatic heterocycles. The summed E-state index contributed by atoms with van der Waals surface area (Å²) in [6.07, 6.45) is 0. The summed E-state index contributed by atoms with van der Waals surface area (Å²) in [6, 6.07) is 13.3. The Morgan fingerprint density at radius 1 is 1.00 bits per heavy atom. The van der Waals surface area contributed by atoms with Gasteiger partial charge < -0.3 is 5.73 Å². The lowest BCUT2D eigenvalue weighted by molar-refractivity contribution is 0.871. The standard InChI is InChI=1S/C14H13Cl2N/c1-9-2-4-10(5-3-9)14(17)12-7-6-11(15)8-13(12)16/h2-8,14H,17H2,1H3/t14-/m1/s1. The Balaban J connectivity index is 2.36. The van der Waals surface area contributed by atoms with Gasteiger partial charge in [-0.1, -0.05) is 59.1 Å². The minimum absolute atomic E-state index is 0.222. The van der Waals surface area contributed by atoms with Crippen LogP contribution in [0.2, 0.25) is 10.0 Å². The van der Waals surface area contributed by atoms with Crippen molar-refractivity contribution in [1.29, 1.82) is 0 Å². The van der Waals surface area contributed by atoms with Crippen molar-refractivity contribution in [2.24, 2.45) is 5.73 Å². The molecule has 0 spiro atoms. The van der Waals surface area contributed by atoms with Gasteiger partial charge in [0.15, 0.2) is 0 Å². The van der Waals surface area contributed by atoms with E-state index in [0.29, 0.717) is 10.0 Å². The van der Waals surface area contributed by atoms with Crippen LogP contribution in [0.5, 0.6) is 0 Å². The van der Waals surface area contributed by atoms with Crippen LogP contribution in [0.1, 0.15) is 22.7 Å². The van der Waals surface area contributed by atoms with Crippen molar-refractivity contribution in [1.82, 2.24) is 0 Å². The van der Waals surface area contributed by atoms with Crippen LogP contribution < -0.4 is 5.73 Å². The summed E-state index contributed by atoms with van der Waals surface area (Å²) in [5, 5.41) is 1.22. The van der Waals surface area contributed by atoms with Gasteiger partial charge in [0.25, 0.3) is 0 Å². The van der Waals surface area contributed by atoms with Crippen LogP contribution in [0.25, 0.3) is 0 Å². The highest BCUT2D eigenvalue weighted by Crippen LogP contribution is 2.28. The van der Waals surface area contributed by atoms with Gasteiger partial charge in [0.05, 0.1) is 6.04 Å². The molecule has 88 valence electrons. The molecule has 0 aliphatic heterocycles. The van der Waals surface area contributed by atoms with Crippen molar-refractivity contribution in [3.63, 3.8) is 0 Å². The van der Waals surface area contributed by atoms with E-state index < -0.39 is 0 Å². The first kappa shape index (κ1) is 12.4. The molecule has 2 aromatic rings. The Kier molecular flexibility index (Phi) is 3.72. The number of benzene rings is 2. The summed E-state index contributed by atoms with van der Waals surface area (Å²) in [5.74, 6) is 0. The molecule has 0 saturated heterocycles. The third-order valence-electron chi connectivity index (χ3n) is 2.73. The first-order valence-electron chi connectivity index (χ1n) is 5.35. The molecule has 17 heavy (non-hydrogen) atoms. The van der Waals surface area contributed by atoms with Gasteiger partial charge in [-0.2, -0.15) is 0 Å². The number of halogens is 2. The van der Waals surface area contributed by atoms with E-state index in [1.807, 2.05) is 37.3 Å². The highest BCUT2D eigenvalue weighted by atomic mass is 35.5. The van der Waals surface area contributed by atoms with Crippen LogP contribution in [0.15, 0.2) is 42.5 Å². The average molecular weight is 266 g/mol. The Hall–Kier alpha value is -1.02. The topological polar surface area (TPSA) is 26.0 Å². The van der Waals surface area contributed by atoms with Gasteiger partial charge in [-0.25, -0.2) is 0 Å². The van der Waals surface area contributed by atoms with Crippen molar-refractivity contribution >= 4 is 23.2 Å². The van der Waals surface area contributed by atoms with Gasteiger partial charge in [-0.05, 0) is 30.2 Å². The largest absolute Gasteiger partial charge is 0.320 e. The maximum Gasteiger partial charge on any atom is 0.0566 e. The molecule has 0 fully saturated rings. The van der Waals surface area contributed by atoms with Gasteiger partial charge in [-0.3, -0.25) is 0 Å². The molecule has 0 amide bonds. The zero-order valence-corrected chi connectivity index (χ0v) is 11.0. The lowest BCUT2D eigenvalue weighted by atomic mass is 9.99. The predicted octanol–water partition coefficient (Wildman–Crippen LogP) is 4.35. The molecule has 0 bridgehead atoms. The highest BCUT2D eigenvalue weighted by Gasteiger charge is 2.12. The monoisotopic (exact) mass is 265 g/mol. The molecular formula is C14H13Cl2N. The van der Waals surface area contributed by atoms with Crippen molar-refractivity contribution in [3.8, 4) is 0 Å². The second-order valence-corrected chi connectivity index (χ2v) is 4.90. The molecule has 0 radical (unpaired) electrons. The molecule has 0 aliphatic rings. The van der Waals surface area contributed by atoms with Gasteiger partial charge in [-0.15, -0.1) is 0 Å². The minimum Gasteiger partial charge on any atom is -0.320 e. The zero-order chi connectivity index (χ0) is 12.4. The van der Waals surface area contributed by atoms with Crippen molar-refractivity contribution < 1.29 is 0 Å². The third-order valence-corrected chi connectivity index (χ3v) is 3.30. The van der Waals surface area contributed by atoms with Gasteiger partial charge in [0.1, 0.15) is 0 Å². The molecule has 2 N–H and O–H groups in total. The Morgan fingerprint density at radius 3 is 2.24 bits per heavy atom. The summed E-state index contributed by atoms with van der Waals surface area (Å²) in [5.41, 5.74) is 9.33. The molecule has 3 heteroatoms. The van der Waals surface area contributed by atoms with E-state index in [2.05, 4.69) is 0 Å². The van der Waals surface area contributed by atoms with E-state index in [1.165, 1.54) is 5.56 Å². The van der Waals surface area contributed by atoms with Crippen LogP contribution in [0.4, 0.5) is 0 Å². The number of nitrogens with two attached hydrogens (primary N) is 1. The lowest BCUT2D eigenvalue weighted by Crippen LogP contribution is -2.12. The second-order valence-electron chi connectivity index (χ2n) is 4.05. The normalized spacial score (nSPS) is 12.5. The van der Waals surface area contributed by atoms with E-state index in [-0.39, 0.29) is 6.04 Å². The summed E-state index contributed by atoms with van der Waals surface area (Å²) in [7, 11) is 0. The van der Waals surface area contributed by atoms with E-state index >= 15 is 0 Å². The van der Waals surface area contributed by atoms with Crippen molar-refractivity contribution in [3.05, 3.63) is 69.2 Å². The summed E-state index contributed by atoms with van der Waals surface area (Å²) in [4.78, 5) is 0. The number of hydrogen-bond donors (Lipinski definition) is 1. The number of rotatable bonds is 2. The molecule has 1 nitrogen and oxygen atoms in total. The predicted molar refractivity (Wildman–Crippen MR) is 73.7 cm³/mol. The third kappa shape index (κ3) is 2.81.